The molecule has 1 aliphatic rings. The molecule has 0 aromatic rings. The van der Waals surface area contributed by atoms with Gasteiger partial charge in [-0.05, 0) is 27.2 Å². The molecule has 1 aliphatic heterocycles. The number of hydrogen-bond donors (Lipinski definition) is 1. The molecule has 0 radical (unpaired) electrons. The number of carboxylic acids is 1. The van der Waals surface area contributed by atoms with Crippen molar-refractivity contribution >= 4 is 12.1 Å². The minimum absolute atomic E-state index is 0.152. The van der Waals surface area contributed by atoms with E-state index in [1.54, 1.807) is 18.7 Å². The molecule has 1 heterocycles. The predicted molar refractivity (Wildman–Crippen MR) is 59.8 cm³/mol. The zero-order valence-corrected chi connectivity index (χ0v) is 10.4. The van der Waals surface area contributed by atoms with Gasteiger partial charge in [-0.15, -0.1) is 0 Å². The van der Waals surface area contributed by atoms with Crippen LogP contribution in [0.5, 0.6) is 0 Å². The molecule has 0 spiro atoms. The maximum Gasteiger partial charge on any atom is 0.410 e. The number of nitrogens with zero attached hydrogens (tertiary/aromatic N) is 1. The van der Waals surface area contributed by atoms with E-state index in [1.807, 2.05) is 0 Å². The molecule has 17 heavy (non-hydrogen) atoms. The van der Waals surface area contributed by atoms with E-state index < -0.39 is 12.1 Å². The van der Waals surface area contributed by atoms with Crippen LogP contribution in [-0.2, 0) is 14.3 Å². The zero-order valence-electron chi connectivity index (χ0n) is 10.4. The molecule has 6 nitrogen and oxygen atoms in total. The van der Waals surface area contributed by atoms with E-state index in [2.05, 4.69) is 0 Å². The number of likely N-dealkylation sites (tertiary alicyclic amines) is 1. The number of rotatable bonds is 4. The summed E-state index contributed by atoms with van der Waals surface area (Å²) >= 11 is 0. The lowest BCUT2D eigenvalue weighted by atomic mass is 10.3. The minimum Gasteiger partial charge on any atom is -0.479 e. The molecule has 0 saturated carbocycles. The van der Waals surface area contributed by atoms with Crippen LogP contribution in [0.2, 0.25) is 0 Å². The number of carbonyl (C=O) groups is 2. The Balaban J connectivity index is 2.37. The minimum atomic E-state index is -0.992. The highest BCUT2D eigenvalue weighted by molar-refractivity contribution is 5.71. The van der Waals surface area contributed by atoms with E-state index in [-0.39, 0.29) is 18.3 Å². The van der Waals surface area contributed by atoms with E-state index >= 15 is 0 Å². The van der Waals surface area contributed by atoms with Crippen molar-refractivity contribution in [1.29, 1.82) is 0 Å². The van der Waals surface area contributed by atoms with Crippen LogP contribution in [0, 0.1) is 0 Å². The first-order valence-electron chi connectivity index (χ1n) is 5.74. The van der Waals surface area contributed by atoms with Gasteiger partial charge in [0.1, 0.15) is 0 Å². The Hall–Kier alpha value is -1.30. The second-order valence-electron chi connectivity index (χ2n) is 4.41. The second kappa shape index (κ2) is 5.86. The van der Waals surface area contributed by atoms with Crippen molar-refractivity contribution in [3.05, 3.63) is 0 Å². The summed E-state index contributed by atoms with van der Waals surface area (Å²) in [7, 11) is 0. The Bertz CT molecular complexity index is 292. The maximum absolute atomic E-state index is 11.6. The second-order valence-corrected chi connectivity index (χ2v) is 4.41. The van der Waals surface area contributed by atoms with Crippen LogP contribution in [0.1, 0.15) is 27.2 Å². The molecule has 1 N–H and O–H groups in total. The number of aliphatic carboxylic acids is 1. The standard InChI is InChI=1S/C11H19NO5/c1-7(2)16-11(15)12-5-4-9(6-12)17-8(3)10(13)14/h7-9H,4-6H2,1-3H3,(H,13,14)/t8-,9?/m1/s1. The molecule has 1 fully saturated rings. The highest BCUT2D eigenvalue weighted by Gasteiger charge is 2.30. The van der Waals surface area contributed by atoms with Gasteiger partial charge in [0.2, 0.25) is 0 Å². The molecule has 0 aliphatic carbocycles. The van der Waals surface area contributed by atoms with E-state index in [9.17, 15) is 9.59 Å². The highest BCUT2D eigenvalue weighted by Crippen LogP contribution is 2.16. The smallest absolute Gasteiger partial charge is 0.410 e. The topological polar surface area (TPSA) is 76.1 Å². The van der Waals surface area contributed by atoms with Gasteiger partial charge in [0.05, 0.1) is 18.8 Å². The summed E-state index contributed by atoms with van der Waals surface area (Å²) in [5.41, 5.74) is 0. The summed E-state index contributed by atoms with van der Waals surface area (Å²) in [6, 6.07) is 0. The molecular weight excluding hydrogens is 226 g/mol. The number of carboxylic acid groups (broad SMARTS) is 1. The van der Waals surface area contributed by atoms with Crippen molar-refractivity contribution in [3.63, 3.8) is 0 Å². The highest BCUT2D eigenvalue weighted by atomic mass is 16.6. The monoisotopic (exact) mass is 245 g/mol. The van der Waals surface area contributed by atoms with E-state index in [4.69, 9.17) is 14.6 Å². The number of ether oxygens (including phenoxy) is 2. The Labute approximate surface area is 100 Å². The van der Waals surface area contributed by atoms with Crippen molar-refractivity contribution < 1.29 is 24.2 Å². The molecule has 98 valence electrons. The van der Waals surface area contributed by atoms with Crippen LogP contribution in [0.4, 0.5) is 4.79 Å². The van der Waals surface area contributed by atoms with Crippen LogP contribution in [0.3, 0.4) is 0 Å². The average molecular weight is 245 g/mol. The SMILES string of the molecule is CC(C)OC(=O)N1CCC(O[C@H](C)C(=O)O)C1. The van der Waals surface area contributed by atoms with Gasteiger partial charge in [0.15, 0.2) is 6.10 Å². The summed E-state index contributed by atoms with van der Waals surface area (Å²) in [5, 5.41) is 8.71. The third kappa shape index (κ3) is 4.22. The van der Waals surface area contributed by atoms with Gasteiger partial charge in [0.25, 0.3) is 0 Å². The molecule has 1 saturated heterocycles. The Morgan fingerprint density at radius 2 is 2.00 bits per heavy atom. The molecular formula is C11H19NO5. The summed E-state index contributed by atoms with van der Waals surface area (Å²) in [6.07, 6.45) is -0.943. The molecule has 0 aromatic heterocycles. The first-order valence-corrected chi connectivity index (χ1v) is 5.74. The van der Waals surface area contributed by atoms with Gasteiger partial charge in [0, 0.05) is 6.54 Å². The van der Waals surface area contributed by atoms with E-state index in [0.717, 1.165) is 0 Å². The van der Waals surface area contributed by atoms with Gasteiger partial charge in [-0.1, -0.05) is 0 Å². The summed E-state index contributed by atoms with van der Waals surface area (Å²) in [5.74, 6) is -0.992. The lowest BCUT2D eigenvalue weighted by molar-refractivity contribution is -0.152. The lowest BCUT2D eigenvalue weighted by Crippen LogP contribution is -2.34. The van der Waals surface area contributed by atoms with Crippen LogP contribution in [0.15, 0.2) is 0 Å². The fourth-order valence-electron chi connectivity index (χ4n) is 1.63. The fourth-order valence-corrected chi connectivity index (χ4v) is 1.63. The van der Waals surface area contributed by atoms with Gasteiger partial charge in [-0.25, -0.2) is 9.59 Å². The number of amides is 1. The quantitative estimate of drug-likeness (QED) is 0.802. The van der Waals surface area contributed by atoms with Gasteiger partial charge < -0.3 is 19.5 Å². The van der Waals surface area contributed by atoms with Gasteiger partial charge >= 0.3 is 12.1 Å². The molecule has 2 atom stereocenters. The summed E-state index contributed by atoms with van der Waals surface area (Å²) in [4.78, 5) is 23.7. The van der Waals surface area contributed by atoms with Crippen LogP contribution >= 0.6 is 0 Å². The van der Waals surface area contributed by atoms with Gasteiger partial charge in [-0.2, -0.15) is 0 Å². The molecule has 6 heteroatoms. The normalized spacial score (nSPS) is 21.6. The average Bonchev–Trinajstić information content (AvgIpc) is 2.65. The first-order chi connectivity index (χ1) is 7.90. The van der Waals surface area contributed by atoms with Crippen molar-refractivity contribution in [1.82, 2.24) is 4.90 Å². The van der Waals surface area contributed by atoms with Crippen LogP contribution < -0.4 is 0 Å². The predicted octanol–water partition coefficient (Wildman–Crippen LogP) is 1.10. The summed E-state index contributed by atoms with van der Waals surface area (Å²) in [6.45, 7) is 5.99. The molecule has 1 unspecified atom stereocenters. The van der Waals surface area contributed by atoms with Crippen LogP contribution in [0.25, 0.3) is 0 Å². The molecule has 1 rings (SSSR count). The Kier molecular flexibility index (Phi) is 4.74. The lowest BCUT2D eigenvalue weighted by Gasteiger charge is -2.19. The van der Waals surface area contributed by atoms with E-state index in [0.29, 0.717) is 19.5 Å². The van der Waals surface area contributed by atoms with E-state index in [1.165, 1.54) is 6.92 Å². The maximum atomic E-state index is 11.6. The first kappa shape index (κ1) is 13.8. The number of carbonyl (C=O) groups excluding carboxylic acids is 1. The number of hydrogen-bond acceptors (Lipinski definition) is 4. The molecule has 0 aromatic carbocycles. The molecule has 0 bridgehead atoms. The Morgan fingerprint density at radius 1 is 1.35 bits per heavy atom. The van der Waals surface area contributed by atoms with Crippen molar-refractivity contribution in [2.24, 2.45) is 0 Å². The third-order valence-electron chi connectivity index (χ3n) is 2.48. The summed E-state index contributed by atoms with van der Waals surface area (Å²) < 4.78 is 10.4. The van der Waals surface area contributed by atoms with Crippen LogP contribution in [-0.4, -0.2) is 53.5 Å². The Morgan fingerprint density at radius 3 is 2.53 bits per heavy atom. The van der Waals surface area contributed by atoms with Crippen molar-refractivity contribution in [2.45, 2.75) is 45.5 Å². The zero-order chi connectivity index (χ0) is 13.0. The fraction of sp³-hybridized carbons (Fsp3) is 0.818. The van der Waals surface area contributed by atoms with Crippen molar-refractivity contribution in [2.75, 3.05) is 13.1 Å². The molecule has 1 amide bonds. The van der Waals surface area contributed by atoms with Gasteiger partial charge in [-0.3, -0.25) is 0 Å². The van der Waals surface area contributed by atoms with Crippen molar-refractivity contribution in [3.8, 4) is 0 Å². The third-order valence-corrected chi connectivity index (χ3v) is 2.48. The largest absolute Gasteiger partial charge is 0.479 e.